The molecule has 0 aromatic heterocycles. The van der Waals surface area contributed by atoms with Crippen LogP contribution in [0, 0.1) is 10.8 Å². The van der Waals surface area contributed by atoms with Gasteiger partial charge in [0.25, 0.3) is 0 Å². The first-order valence-corrected chi connectivity index (χ1v) is 36.3. The van der Waals surface area contributed by atoms with Gasteiger partial charge in [0, 0.05) is 76.1 Å². The highest BCUT2D eigenvalue weighted by atomic mass is 32.2. The number of hydrogen-bond donors (Lipinski definition) is 2. The third-order valence-corrected chi connectivity index (χ3v) is 21.6. The second kappa shape index (κ2) is 40.3. The van der Waals surface area contributed by atoms with Crippen LogP contribution < -0.4 is 28.4 Å². The molecule has 16 nitrogen and oxygen atoms in total. The molecule has 2 aliphatic heterocycles. The molecule has 0 saturated heterocycles. The molecule has 28 heteroatoms. The van der Waals surface area contributed by atoms with Crippen molar-refractivity contribution in [2.45, 2.75) is 190 Å². The van der Waals surface area contributed by atoms with Crippen LogP contribution in [0.1, 0.15) is 177 Å². The summed E-state index contributed by atoms with van der Waals surface area (Å²) in [5.74, 6) is -7.59. The van der Waals surface area contributed by atoms with Crippen LogP contribution in [0.15, 0.2) is 84.9 Å². The Labute approximate surface area is 599 Å². The molecule has 0 fully saturated rings. The van der Waals surface area contributed by atoms with Crippen molar-refractivity contribution >= 4 is 47.0 Å². The molecular formula is C74H98F10O16S2. The molecule has 0 spiro atoms. The monoisotopic (exact) mass is 1500 g/mol. The lowest BCUT2D eigenvalue weighted by atomic mass is 9.65. The molecule has 572 valence electrons. The molecule has 2 aliphatic rings. The van der Waals surface area contributed by atoms with E-state index >= 15 is 0 Å². The Hall–Kier alpha value is -6.20. The highest BCUT2D eigenvalue weighted by Crippen LogP contribution is 2.53. The van der Waals surface area contributed by atoms with Crippen molar-refractivity contribution in [1.82, 2.24) is 0 Å². The summed E-state index contributed by atoms with van der Waals surface area (Å²) in [7, 11) is 6.17. The number of unbranched alkanes of at least 4 members (excludes halogenated alkanes) is 4. The molecule has 4 atom stereocenters. The average Bonchev–Trinajstić information content (AvgIpc) is 0.757. The van der Waals surface area contributed by atoms with Crippen molar-refractivity contribution in [2.75, 3.05) is 91.8 Å². The van der Waals surface area contributed by atoms with Crippen molar-refractivity contribution in [2.24, 2.45) is 10.8 Å². The van der Waals surface area contributed by atoms with Gasteiger partial charge in [-0.2, -0.15) is 67.4 Å². The summed E-state index contributed by atoms with van der Waals surface area (Å²) in [6.07, 6.45) is -8.29. The number of Topliss-reactive ketones (excluding diaryl/α,β-unsaturated/α-hetero) is 2. The normalized spacial score (nSPS) is 17.8. The maximum Gasteiger partial charge on any atom is 0.453 e. The van der Waals surface area contributed by atoms with Crippen molar-refractivity contribution in [1.29, 1.82) is 0 Å². The van der Waals surface area contributed by atoms with Crippen molar-refractivity contribution in [3.05, 3.63) is 107 Å². The maximum atomic E-state index is 13.1. The van der Waals surface area contributed by atoms with E-state index in [2.05, 4.69) is 13.8 Å². The number of halogens is 10. The zero-order valence-electron chi connectivity index (χ0n) is 59.2. The Morgan fingerprint density at radius 1 is 0.431 bits per heavy atom. The van der Waals surface area contributed by atoms with E-state index in [1.165, 1.54) is 51.6 Å². The number of fused-ring (bicyclic) bond motifs is 2. The van der Waals surface area contributed by atoms with E-state index in [0.717, 1.165) is 40.8 Å². The summed E-state index contributed by atoms with van der Waals surface area (Å²) in [6.45, 7) is 8.36. The fraction of sp³-hybridized carbons (Fsp3) is 0.622. The van der Waals surface area contributed by atoms with Gasteiger partial charge in [-0.3, -0.25) is 19.2 Å². The van der Waals surface area contributed by atoms with E-state index in [1.807, 2.05) is 78.9 Å². The lowest BCUT2D eigenvalue weighted by Gasteiger charge is -2.43. The second-order valence-corrected chi connectivity index (χ2v) is 28.7. The summed E-state index contributed by atoms with van der Waals surface area (Å²) in [5, 5.41) is 20.2. The van der Waals surface area contributed by atoms with Crippen LogP contribution in [0.4, 0.5) is 43.9 Å². The van der Waals surface area contributed by atoms with E-state index in [1.54, 1.807) is 20.3 Å². The number of ether oxygens (including phenoxy) is 10. The van der Waals surface area contributed by atoms with Crippen molar-refractivity contribution in [3.63, 3.8) is 0 Å². The van der Waals surface area contributed by atoms with Gasteiger partial charge in [-0.1, -0.05) is 88.8 Å². The average molecular weight is 1500 g/mol. The third kappa shape index (κ3) is 23.9. The smallest absolute Gasteiger partial charge is 0.453 e. The Bertz CT molecular complexity index is 2990. The third-order valence-electron chi connectivity index (χ3n) is 19.2. The van der Waals surface area contributed by atoms with Crippen LogP contribution in [0.5, 0.6) is 34.5 Å². The van der Waals surface area contributed by atoms with Crippen LogP contribution in [-0.4, -0.2) is 150 Å². The van der Waals surface area contributed by atoms with Crippen LogP contribution in [0.2, 0.25) is 0 Å². The molecule has 0 aliphatic carbocycles. The minimum absolute atomic E-state index is 0.0423. The predicted molar refractivity (Wildman–Crippen MR) is 368 cm³/mol. The number of alkyl halides is 10. The first kappa shape index (κ1) is 86.4. The number of carboxylic acid groups (broad SMARTS) is 2. The van der Waals surface area contributed by atoms with Gasteiger partial charge in [-0.15, -0.1) is 0 Å². The van der Waals surface area contributed by atoms with Gasteiger partial charge in [0.2, 0.25) is 0 Å². The topological polar surface area (TPSA) is 201 Å². The summed E-state index contributed by atoms with van der Waals surface area (Å²) in [4.78, 5) is 50.8. The van der Waals surface area contributed by atoms with Crippen LogP contribution in [-0.2, 0) is 49.0 Å². The van der Waals surface area contributed by atoms with Gasteiger partial charge in [0.05, 0.1) is 18.6 Å². The van der Waals surface area contributed by atoms with Crippen LogP contribution in [0.3, 0.4) is 0 Å². The van der Waals surface area contributed by atoms with Crippen molar-refractivity contribution < 1.29 is 121 Å². The maximum absolute atomic E-state index is 13.1. The van der Waals surface area contributed by atoms with E-state index < -0.39 is 70.6 Å². The zero-order valence-corrected chi connectivity index (χ0v) is 60.9. The number of aliphatic carboxylic acids is 2. The first-order valence-electron chi connectivity index (χ1n) is 34.0. The number of carbonyl (C=O) groups excluding carboxylic acids is 2. The van der Waals surface area contributed by atoms with Gasteiger partial charge in [0.1, 0.15) is 46.1 Å². The highest BCUT2D eigenvalue weighted by Gasteiger charge is 2.57. The van der Waals surface area contributed by atoms with Gasteiger partial charge < -0.3 is 57.6 Å². The minimum Gasteiger partial charge on any atom is -0.492 e. The standard InChI is InChI=1S/C38H51F5O7S.C36H47F5O9S/c1-27(44)36(28(2)45,19-8-9-21-51-22-10-20-37(39,40)38(41,42)43)18-7-6-11-33-32-17-16-31(50-26-47-5)23-34(32)48-24-35(33,3)29-12-14-30(15-13-29)49-25-46-4;1-33(25-10-12-26(13-11-25)49-23-46-2)22-48-30-21-27(50-24-47-3)14-15-28(30)29(33)9-4-5-16-34(31(42)43,32(44)45)17-6-7-19-51-20-8-18-35(37,38)36(39,40)41/h12-17,23,33H,6-11,18-22,24-26H2,1-5H3;10-15,21,29H,4-9,16-20,22-24H2,1-3H3,(H,42,43)(H,44,45)/t33-,35-;29-,33-/m11/s1. The second-order valence-electron chi connectivity index (χ2n) is 26.3. The van der Waals surface area contributed by atoms with Gasteiger partial charge in [0.15, 0.2) is 32.6 Å². The highest BCUT2D eigenvalue weighted by molar-refractivity contribution is 7.99. The molecule has 0 amide bonds. The molecule has 102 heavy (non-hydrogen) atoms. The summed E-state index contributed by atoms with van der Waals surface area (Å²) in [6, 6.07) is 26.9. The molecule has 0 saturated carbocycles. The zero-order chi connectivity index (χ0) is 75.4. The van der Waals surface area contributed by atoms with E-state index in [-0.39, 0.29) is 94.2 Å². The largest absolute Gasteiger partial charge is 0.492 e. The first-order chi connectivity index (χ1) is 48.2. The Morgan fingerprint density at radius 2 is 0.735 bits per heavy atom. The predicted octanol–water partition coefficient (Wildman–Crippen LogP) is 18.4. The molecule has 0 radical (unpaired) electrons. The fourth-order valence-electron chi connectivity index (χ4n) is 13.1. The summed E-state index contributed by atoms with van der Waals surface area (Å²) in [5.41, 5.74) is 0.0206. The number of carboxylic acids is 2. The molecule has 4 aromatic carbocycles. The van der Waals surface area contributed by atoms with E-state index in [9.17, 15) is 73.3 Å². The van der Waals surface area contributed by atoms with Gasteiger partial charge >= 0.3 is 36.1 Å². The number of thioether (sulfide) groups is 2. The van der Waals surface area contributed by atoms with Crippen LogP contribution in [0.25, 0.3) is 0 Å². The fourth-order valence-corrected chi connectivity index (χ4v) is 15.0. The minimum atomic E-state index is -5.58. The number of ketones is 2. The molecule has 6 rings (SSSR count). The van der Waals surface area contributed by atoms with Crippen LogP contribution >= 0.6 is 23.5 Å². The summed E-state index contributed by atoms with van der Waals surface area (Å²) < 4.78 is 182. The Balaban J connectivity index is 0.000000367. The molecule has 0 bridgehead atoms. The summed E-state index contributed by atoms with van der Waals surface area (Å²) >= 11 is 2.48. The Kier molecular flexibility index (Phi) is 34.2. The number of methoxy groups -OCH3 is 4. The lowest BCUT2D eigenvalue weighted by molar-refractivity contribution is -0.284. The SMILES string of the molecule is COCOc1ccc([C@@]2(C)COc3cc(OCOC)ccc3[C@H]2CCCCC(CCCCSCCCC(F)(F)C(F)(F)F)(C(=O)O)C(=O)O)cc1.COCOc1ccc([C@@]2(C)COc3cc(OCOC)ccc3[C@H]2CCCCC(CCCCSCCCC(F)(F)C(F)(F)F)(C(C)=O)C(C)=O)cc1. The molecule has 0 unspecified atom stereocenters. The quantitative estimate of drug-likeness (QED) is 0.0183. The van der Waals surface area contributed by atoms with E-state index in [4.69, 9.17) is 47.4 Å². The molecular weight excluding hydrogens is 1400 g/mol. The van der Waals surface area contributed by atoms with Gasteiger partial charge in [-0.25, -0.2) is 0 Å². The van der Waals surface area contributed by atoms with Gasteiger partial charge in [-0.05, 0) is 160 Å². The number of rotatable bonds is 46. The lowest BCUT2D eigenvalue weighted by Crippen LogP contribution is -2.41. The molecule has 4 aromatic rings. The number of hydrogen-bond acceptors (Lipinski definition) is 16. The number of benzene rings is 4. The van der Waals surface area contributed by atoms with Crippen molar-refractivity contribution in [3.8, 4) is 34.5 Å². The molecule has 2 N–H and O–H groups in total. The number of carbonyl (C=O) groups is 4. The molecule has 2 heterocycles. The Morgan fingerprint density at radius 3 is 1.05 bits per heavy atom. The van der Waals surface area contributed by atoms with E-state index in [0.29, 0.717) is 111 Å².